The Hall–Kier alpha value is -0.900. The Bertz CT molecular complexity index is 235. The lowest BCUT2D eigenvalue weighted by Crippen LogP contribution is -2.20. The molecule has 0 radical (unpaired) electrons. The van der Waals surface area contributed by atoms with Crippen LogP contribution in [0.25, 0.3) is 0 Å². The zero-order valence-corrected chi connectivity index (χ0v) is 6.81. The van der Waals surface area contributed by atoms with E-state index in [-0.39, 0.29) is 6.54 Å². The molecule has 0 bridgehead atoms. The molecule has 1 aromatic heterocycles. The number of alkyl halides is 2. The van der Waals surface area contributed by atoms with Crippen LogP contribution < -0.4 is 5.32 Å². The van der Waals surface area contributed by atoms with Crippen LogP contribution in [-0.4, -0.2) is 13.0 Å². The van der Waals surface area contributed by atoms with Gasteiger partial charge in [-0.1, -0.05) is 0 Å². The molecule has 1 heterocycles. The third-order valence-electron chi connectivity index (χ3n) is 1.58. The first-order valence-electron chi connectivity index (χ1n) is 3.72. The van der Waals surface area contributed by atoms with Crippen molar-refractivity contribution in [3.05, 3.63) is 23.7 Å². The normalized spacial score (nSPS) is 11.0. The van der Waals surface area contributed by atoms with Gasteiger partial charge in [0.15, 0.2) is 0 Å². The van der Waals surface area contributed by atoms with E-state index < -0.39 is 6.43 Å². The summed E-state index contributed by atoms with van der Waals surface area (Å²) in [5.41, 5.74) is 0.927. The Morgan fingerprint density at radius 3 is 2.83 bits per heavy atom. The number of hydrogen-bond donors (Lipinski definition) is 1. The van der Waals surface area contributed by atoms with E-state index in [2.05, 4.69) is 5.32 Å². The molecule has 0 aliphatic rings. The smallest absolute Gasteiger partial charge is 0.250 e. The van der Waals surface area contributed by atoms with Gasteiger partial charge in [0.25, 0.3) is 6.43 Å². The molecule has 0 atom stereocenters. The van der Waals surface area contributed by atoms with Crippen molar-refractivity contribution >= 4 is 0 Å². The van der Waals surface area contributed by atoms with E-state index in [1.807, 2.05) is 0 Å². The fraction of sp³-hybridized carbons (Fsp3) is 0.500. The van der Waals surface area contributed by atoms with Crippen molar-refractivity contribution in [2.75, 3.05) is 6.54 Å². The van der Waals surface area contributed by atoms with E-state index in [1.54, 1.807) is 19.3 Å². The second-order valence-electron chi connectivity index (χ2n) is 2.52. The van der Waals surface area contributed by atoms with Gasteiger partial charge in [-0.25, -0.2) is 8.78 Å². The number of rotatable bonds is 4. The van der Waals surface area contributed by atoms with Crippen LogP contribution in [0.15, 0.2) is 16.7 Å². The summed E-state index contributed by atoms with van der Waals surface area (Å²) in [6, 6.07) is 1.77. The lowest BCUT2D eigenvalue weighted by Gasteiger charge is -2.01. The van der Waals surface area contributed by atoms with Crippen LogP contribution in [0.3, 0.4) is 0 Å². The summed E-state index contributed by atoms with van der Waals surface area (Å²) in [5, 5.41) is 2.62. The number of furan rings is 1. The Labute approximate surface area is 69.6 Å². The first kappa shape index (κ1) is 9.19. The second-order valence-corrected chi connectivity index (χ2v) is 2.52. The lowest BCUT2D eigenvalue weighted by molar-refractivity contribution is 0.145. The van der Waals surface area contributed by atoms with Gasteiger partial charge >= 0.3 is 0 Å². The predicted octanol–water partition coefficient (Wildman–Crippen LogP) is 1.94. The molecule has 0 aliphatic carbocycles. The number of halogens is 2. The summed E-state index contributed by atoms with van der Waals surface area (Å²) in [7, 11) is 0. The standard InChI is InChI=1S/C8H11F2NO/c1-6-7(2-3-12-6)4-11-5-8(9)10/h2-3,8,11H,4-5H2,1H3. The summed E-state index contributed by atoms with van der Waals surface area (Å²) in [4.78, 5) is 0. The third-order valence-corrected chi connectivity index (χ3v) is 1.58. The van der Waals surface area contributed by atoms with Crippen molar-refractivity contribution in [2.24, 2.45) is 0 Å². The molecular formula is C8H11F2NO. The third kappa shape index (κ3) is 2.62. The quantitative estimate of drug-likeness (QED) is 0.756. The van der Waals surface area contributed by atoms with Gasteiger partial charge in [-0.05, 0) is 13.0 Å². The molecule has 0 aliphatic heterocycles. The summed E-state index contributed by atoms with van der Waals surface area (Å²) >= 11 is 0. The molecule has 1 N–H and O–H groups in total. The first-order chi connectivity index (χ1) is 5.70. The van der Waals surface area contributed by atoms with Gasteiger partial charge in [-0.15, -0.1) is 0 Å². The van der Waals surface area contributed by atoms with Gasteiger partial charge < -0.3 is 9.73 Å². The molecule has 12 heavy (non-hydrogen) atoms. The van der Waals surface area contributed by atoms with Crippen molar-refractivity contribution in [1.82, 2.24) is 5.32 Å². The maximum atomic E-state index is 11.7. The monoisotopic (exact) mass is 175 g/mol. The summed E-state index contributed by atoms with van der Waals surface area (Å²) in [6.45, 7) is 1.97. The molecule has 2 nitrogen and oxygen atoms in total. The molecule has 0 saturated carbocycles. The van der Waals surface area contributed by atoms with Crippen molar-refractivity contribution in [2.45, 2.75) is 19.9 Å². The minimum Gasteiger partial charge on any atom is -0.469 e. The van der Waals surface area contributed by atoms with Crippen LogP contribution in [0, 0.1) is 6.92 Å². The molecule has 1 rings (SSSR count). The Morgan fingerprint density at radius 2 is 2.33 bits per heavy atom. The molecule has 0 fully saturated rings. The first-order valence-corrected chi connectivity index (χ1v) is 3.72. The van der Waals surface area contributed by atoms with Crippen LogP contribution in [0.2, 0.25) is 0 Å². The maximum absolute atomic E-state index is 11.7. The average Bonchev–Trinajstić information content (AvgIpc) is 2.36. The lowest BCUT2D eigenvalue weighted by atomic mass is 10.2. The number of aryl methyl sites for hydroxylation is 1. The number of nitrogens with one attached hydrogen (secondary N) is 1. The van der Waals surface area contributed by atoms with Crippen LogP contribution in [0.5, 0.6) is 0 Å². The van der Waals surface area contributed by atoms with Crippen LogP contribution >= 0.6 is 0 Å². The molecule has 0 unspecified atom stereocenters. The molecule has 1 aromatic rings. The highest BCUT2D eigenvalue weighted by Crippen LogP contribution is 2.07. The van der Waals surface area contributed by atoms with E-state index >= 15 is 0 Å². The zero-order chi connectivity index (χ0) is 8.97. The van der Waals surface area contributed by atoms with Crippen molar-refractivity contribution in [3.63, 3.8) is 0 Å². The molecule has 0 spiro atoms. The van der Waals surface area contributed by atoms with Gasteiger partial charge in [0.2, 0.25) is 0 Å². The molecule has 0 amide bonds. The topological polar surface area (TPSA) is 25.2 Å². The summed E-state index contributed by atoms with van der Waals surface area (Å²) < 4.78 is 28.4. The highest BCUT2D eigenvalue weighted by Gasteiger charge is 2.03. The van der Waals surface area contributed by atoms with Gasteiger partial charge in [0.05, 0.1) is 12.8 Å². The summed E-state index contributed by atoms with van der Waals surface area (Å²) in [6.07, 6.45) is -0.744. The minimum atomic E-state index is -2.29. The molecule has 68 valence electrons. The largest absolute Gasteiger partial charge is 0.469 e. The van der Waals surface area contributed by atoms with E-state index in [1.165, 1.54) is 0 Å². The van der Waals surface area contributed by atoms with E-state index in [0.717, 1.165) is 11.3 Å². The molecule has 4 heteroatoms. The van der Waals surface area contributed by atoms with Gasteiger partial charge in [-0.2, -0.15) is 0 Å². The van der Waals surface area contributed by atoms with Crippen LogP contribution in [-0.2, 0) is 6.54 Å². The van der Waals surface area contributed by atoms with E-state index in [9.17, 15) is 8.78 Å². The Balaban J connectivity index is 2.29. The Kier molecular flexibility index (Phi) is 3.22. The SMILES string of the molecule is Cc1occc1CNCC(F)F. The molecule has 0 saturated heterocycles. The molecule has 0 aromatic carbocycles. The fourth-order valence-corrected chi connectivity index (χ4v) is 0.911. The van der Waals surface area contributed by atoms with Gasteiger partial charge in [-0.3, -0.25) is 0 Å². The van der Waals surface area contributed by atoms with Crippen molar-refractivity contribution in [3.8, 4) is 0 Å². The van der Waals surface area contributed by atoms with Crippen molar-refractivity contribution in [1.29, 1.82) is 0 Å². The minimum absolute atomic E-state index is 0.273. The highest BCUT2D eigenvalue weighted by molar-refractivity contribution is 5.14. The highest BCUT2D eigenvalue weighted by atomic mass is 19.3. The predicted molar refractivity (Wildman–Crippen MR) is 41.2 cm³/mol. The molecular weight excluding hydrogens is 164 g/mol. The maximum Gasteiger partial charge on any atom is 0.250 e. The van der Waals surface area contributed by atoms with E-state index in [0.29, 0.717) is 6.54 Å². The average molecular weight is 175 g/mol. The van der Waals surface area contributed by atoms with Gasteiger partial charge in [0, 0.05) is 12.1 Å². The van der Waals surface area contributed by atoms with Crippen LogP contribution in [0.4, 0.5) is 8.78 Å². The van der Waals surface area contributed by atoms with Gasteiger partial charge in [0.1, 0.15) is 5.76 Å². The fourth-order valence-electron chi connectivity index (χ4n) is 0.911. The number of hydrogen-bond acceptors (Lipinski definition) is 2. The van der Waals surface area contributed by atoms with E-state index in [4.69, 9.17) is 4.42 Å². The van der Waals surface area contributed by atoms with Crippen molar-refractivity contribution < 1.29 is 13.2 Å². The summed E-state index contributed by atoms with van der Waals surface area (Å²) in [5.74, 6) is 0.775. The zero-order valence-electron chi connectivity index (χ0n) is 6.81. The Morgan fingerprint density at radius 1 is 1.58 bits per heavy atom. The van der Waals surface area contributed by atoms with Crippen LogP contribution in [0.1, 0.15) is 11.3 Å². The second kappa shape index (κ2) is 4.21.